The zero-order valence-electron chi connectivity index (χ0n) is 15.0. The minimum absolute atomic E-state index is 0. The van der Waals surface area contributed by atoms with Gasteiger partial charge in [0, 0.05) is 18.8 Å². The minimum Gasteiger partial charge on any atom is -0.331 e. The van der Waals surface area contributed by atoms with Gasteiger partial charge < -0.3 is 16.0 Å². The Morgan fingerprint density at radius 1 is 1.23 bits per heavy atom. The number of anilines is 1. The molecule has 0 radical (unpaired) electrons. The van der Waals surface area contributed by atoms with Crippen molar-refractivity contribution in [2.24, 2.45) is 5.73 Å². The first-order chi connectivity index (χ1) is 11.5. The molecule has 0 saturated carbocycles. The summed E-state index contributed by atoms with van der Waals surface area (Å²) in [4.78, 5) is 24.3. The van der Waals surface area contributed by atoms with Crippen LogP contribution in [0.2, 0.25) is 0 Å². The van der Waals surface area contributed by atoms with E-state index in [0.717, 1.165) is 6.42 Å². The number of halogens is 4. The van der Waals surface area contributed by atoms with Crippen molar-refractivity contribution in [1.29, 1.82) is 0 Å². The number of nitrogens with zero attached hydrogens (tertiary/aromatic N) is 1. The Balaban J connectivity index is 0.00000625. The minimum atomic E-state index is -4.91. The van der Waals surface area contributed by atoms with E-state index in [2.05, 4.69) is 5.32 Å². The van der Waals surface area contributed by atoms with Crippen LogP contribution in [-0.4, -0.2) is 35.0 Å². The van der Waals surface area contributed by atoms with Crippen molar-refractivity contribution in [2.45, 2.75) is 51.9 Å². The van der Waals surface area contributed by atoms with Crippen molar-refractivity contribution in [2.75, 3.05) is 11.9 Å². The molecular weight excluding hydrogens is 371 g/mol. The second-order valence-corrected chi connectivity index (χ2v) is 6.14. The van der Waals surface area contributed by atoms with Gasteiger partial charge in [0.05, 0.1) is 5.54 Å². The number of amides is 2. The molecule has 0 heterocycles. The molecule has 0 aliphatic rings. The normalized spacial score (nSPS) is 13.3. The molecule has 5 nitrogen and oxygen atoms in total. The summed E-state index contributed by atoms with van der Waals surface area (Å²) in [6.45, 7) is 4.73. The van der Waals surface area contributed by atoms with Crippen LogP contribution in [0.5, 0.6) is 0 Å². The van der Waals surface area contributed by atoms with Crippen molar-refractivity contribution in [3.05, 3.63) is 29.8 Å². The Labute approximate surface area is 157 Å². The highest BCUT2D eigenvalue weighted by molar-refractivity contribution is 5.97. The van der Waals surface area contributed by atoms with Gasteiger partial charge >= 0.3 is 12.1 Å². The number of benzene rings is 1. The van der Waals surface area contributed by atoms with Gasteiger partial charge in [0.1, 0.15) is 0 Å². The van der Waals surface area contributed by atoms with Crippen molar-refractivity contribution >= 4 is 29.9 Å². The average molecular weight is 396 g/mol. The summed E-state index contributed by atoms with van der Waals surface area (Å²) in [5, 5.41) is 2.67. The van der Waals surface area contributed by atoms with Crippen LogP contribution < -0.4 is 11.1 Å². The third kappa shape index (κ3) is 6.84. The number of alkyl halides is 3. The van der Waals surface area contributed by atoms with Gasteiger partial charge in [0.2, 0.25) is 5.91 Å². The molecule has 3 N–H and O–H groups in total. The van der Waals surface area contributed by atoms with Crippen LogP contribution in [0.3, 0.4) is 0 Å². The van der Waals surface area contributed by atoms with Gasteiger partial charge in [-0.15, -0.1) is 12.4 Å². The van der Waals surface area contributed by atoms with Crippen LogP contribution in [-0.2, 0) is 16.1 Å². The van der Waals surface area contributed by atoms with Gasteiger partial charge in [-0.25, -0.2) is 0 Å². The van der Waals surface area contributed by atoms with Crippen molar-refractivity contribution in [3.63, 3.8) is 0 Å². The first-order valence-electron chi connectivity index (χ1n) is 8.06. The Morgan fingerprint density at radius 3 is 2.35 bits per heavy atom. The number of nitrogens with one attached hydrogen (secondary N) is 1. The molecule has 1 atom stereocenters. The number of rotatable bonds is 7. The maximum atomic E-state index is 12.6. The fraction of sp³-hybridized carbons (Fsp3) is 0.529. The molecule has 1 rings (SSSR count). The molecule has 26 heavy (non-hydrogen) atoms. The maximum Gasteiger partial charge on any atom is 0.471 e. The summed E-state index contributed by atoms with van der Waals surface area (Å²) in [6, 6.07) is 6.34. The molecule has 0 aliphatic heterocycles. The van der Waals surface area contributed by atoms with E-state index in [4.69, 9.17) is 5.73 Å². The Bertz CT molecular complexity index is 622. The van der Waals surface area contributed by atoms with Gasteiger partial charge in [-0.1, -0.05) is 25.5 Å². The van der Waals surface area contributed by atoms with Crippen molar-refractivity contribution in [3.8, 4) is 0 Å². The van der Waals surface area contributed by atoms with E-state index in [0.29, 0.717) is 22.6 Å². The summed E-state index contributed by atoms with van der Waals surface area (Å²) < 4.78 is 37.7. The zero-order valence-corrected chi connectivity index (χ0v) is 15.8. The molecule has 1 aromatic carbocycles. The number of carbonyl (C=O) groups is 2. The molecule has 0 saturated heterocycles. The molecule has 9 heteroatoms. The lowest BCUT2D eigenvalue weighted by Crippen LogP contribution is -2.48. The van der Waals surface area contributed by atoms with Gasteiger partial charge in [-0.3, -0.25) is 9.59 Å². The fourth-order valence-corrected chi connectivity index (χ4v) is 2.38. The van der Waals surface area contributed by atoms with E-state index in [1.165, 1.54) is 13.0 Å². The molecule has 1 aromatic rings. The lowest BCUT2D eigenvalue weighted by molar-refractivity contribution is -0.185. The van der Waals surface area contributed by atoms with Crippen LogP contribution in [0, 0.1) is 0 Å². The highest BCUT2D eigenvalue weighted by atomic mass is 35.5. The SMILES string of the molecule is CCCC(C)(N)C(=O)Nc1cccc(CN(CC)C(=O)C(F)(F)F)c1.Cl. The van der Waals surface area contributed by atoms with E-state index in [1.807, 2.05) is 6.92 Å². The summed E-state index contributed by atoms with van der Waals surface area (Å²) in [5.74, 6) is -2.26. The molecule has 0 aliphatic carbocycles. The first kappa shape index (κ1) is 24.2. The predicted molar refractivity (Wildman–Crippen MR) is 97.0 cm³/mol. The molecule has 148 valence electrons. The molecule has 0 fully saturated rings. The van der Waals surface area contributed by atoms with Gasteiger partial charge in [0.25, 0.3) is 0 Å². The second-order valence-electron chi connectivity index (χ2n) is 6.14. The van der Waals surface area contributed by atoms with Crippen molar-refractivity contribution < 1.29 is 22.8 Å². The Hall–Kier alpha value is -1.80. The third-order valence-corrected chi connectivity index (χ3v) is 3.76. The number of hydrogen-bond donors (Lipinski definition) is 2. The van der Waals surface area contributed by atoms with E-state index in [-0.39, 0.29) is 31.4 Å². The first-order valence-corrected chi connectivity index (χ1v) is 8.06. The number of hydrogen-bond acceptors (Lipinski definition) is 3. The molecular formula is C17H25ClF3N3O2. The van der Waals surface area contributed by atoms with Crippen LogP contribution in [0.4, 0.5) is 18.9 Å². The van der Waals surface area contributed by atoms with E-state index in [1.54, 1.807) is 25.1 Å². The summed E-state index contributed by atoms with van der Waals surface area (Å²) >= 11 is 0. The van der Waals surface area contributed by atoms with Crippen LogP contribution in [0.25, 0.3) is 0 Å². The smallest absolute Gasteiger partial charge is 0.331 e. The quantitative estimate of drug-likeness (QED) is 0.742. The van der Waals surface area contributed by atoms with Crippen molar-refractivity contribution in [1.82, 2.24) is 4.90 Å². The highest BCUT2D eigenvalue weighted by Gasteiger charge is 2.41. The monoisotopic (exact) mass is 395 g/mol. The lowest BCUT2D eigenvalue weighted by atomic mass is 9.96. The molecule has 0 bridgehead atoms. The second kappa shape index (κ2) is 9.78. The highest BCUT2D eigenvalue weighted by Crippen LogP contribution is 2.21. The molecule has 0 aromatic heterocycles. The Morgan fingerprint density at radius 2 is 1.85 bits per heavy atom. The molecule has 2 amide bonds. The van der Waals surface area contributed by atoms with Gasteiger partial charge in [-0.05, 0) is 38.0 Å². The number of nitrogens with two attached hydrogens (primary N) is 1. The third-order valence-electron chi connectivity index (χ3n) is 3.76. The summed E-state index contributed by atoms with van der Waals surface area (Å²) in [6.07, 6.45) is -3.67. The lowest BCUT2D eigenvalue weighted by Gasteiger charge is -2.24. The van der Waals surface area contributed by atoms with Gasteiger partial charge in [0.15, 0.2) is 0 Å². The van der Waals surface area contributed by atoms with E-state index < -0.39 is 17.6 Å². The predicted octanol–water partition coefficient (Wildman–Crippen LogP) is 3.48. The molecule has 1 unspecified atom stereocenters. The average Bonchev–Trinajstić information content (AvgIpc) is 2.51. The van der Waals surface area contributed by atoms with E-state index in [9.17, 15) is 22.8 Å². The van der Waals surface area contributed by atoms with Gasteiger partial charge in [-0.2, -0.15) is 13.2 Å². The zero-order chi connectivity index (χ0) is 19.3. The molecule has 0 spiro atoms. The summed E-state index contributed by atoms with van der Waals surface area (Å²) in [5.41, 5.74) is 5.82. The largest absolute Gasteiger partial charge is 0.471 e. The Kier molecular flexibility index (Phi) is 9.10. The fourth-order valence-electron chi connectivity index (χ4n) is 2.38. The maximum absolute atomic E-state index is 12.6. The van der Waals surface area contributed by atoms with Crippen LogP contribution in [0.1, 0.15) is 39.2 Å². The van der Waals surface area contributed by atoms with Crippen LogP contribution >= 0.6 is 12.4 Å². The van der Waals surface area contributed by atoms with E-state index >= 15 is 0 Å². The summed E-state index contributed by atoms with van der Waals surface area (Å²) in [7, 11) is 0. The topological polar surface area (TPSA) is 75.4 Å². The number of carbonyl (C=O) groups excluding carboxylic acids is 2. The van der Waals surface area contributed by atoms with Crippen LogP contribution in [0.15, 0.2) is 24.3 Å². The standard InChI is InChI=1S/C17H24F3N3O2.ClH/c1-4-9-16(3,21)14(24)22-13-8-6-7-12(10-13)11-23(5-2)15(25)17(18,19)20;/h6-8,10H,4-5,9,11,21H2,1-3H3,(H,22,24);1H.